The second kappa shape index (κ2) is 4.49. The molecule has 0 aromatic heterocycles. The molecule has 0 aliphatic rings. The van der Waals surface area contributed by atoms with E-state index in [1.165, 1.54) is 6.07 Å². The summed E-state index contributed by atoms with van der Waals surface area (Å²) < 4.78 is 13.9. The van der Waals surface area contributed by atoms with Crippen LogP contribution in [0.15, 0.2) is 16.6 Å². The van der Waals surface area contributed by atoms with Crippen LogP contribution in [-0.2, 0) is 6.42 Å². The van der Waals surface area contributed by atoms with E-state index in [1.54, 1.807) is 6.07 Å². The van der Waals surface area contributed by atoms with Crippen molar-refractivity contribution in [3.05, 3.63) is 28.0 Å². The van der Waals surface area contributed by atoms with Gasteiger partial charge in [0, 0.05) is 10.0 Å². The molecule has 0 atom stereocenters. The van der Waals surface area contributed by atoms with Crippen LogP contribution in [0.4, 0.5) is 4.39 Å². The summed E-state index contributed by atoms with van der Waals surface area (Å²) in [6.45, 7) is 3.98. The molecule has 0 bridgehead atoms. The summed E-state index contributed by atoms with van der Waals surface area (Å²) in [5.74, 6) is -0.854. The lowest BCUT2D eigenvalue weighted by atomic mass is 9.94. The van der Waals surface area contributed by atoms with Gasteiger partial charge in [-0.2, -0.15) is 0 Å². The zero-order valence-electron chi connectivity index (χ0n) is 9.06. The van der Waals surface area contributed by atoms with Gasteiger partial charge in [0.1, 0.15) is 0 Å². The zero-order chi connectivity index (χ0) is 11.6. The number of hydrogen-bond acceptors (Lipinski definition) is 2. The number of halogens is 2. The topological polar surface area (TPSA) is 32.3 Å². The molecule has 4 heteroatoms. The van der Waals surface area contributed by atoms with Gasteiger partial charge in [-0.15, -0.1) is 0 Å². The van der Waals surface area contributed by atoms with E-state index in [1.807, 2.05) is 20.9 Å². The van der Waals surface area contributed by atoms with E-state index in [0.717, 1.165) is 0 Å². The second-order valence-electron chi connectivity index (χ2n) is 4.21. The highest BCUT2D eigenvalue weighted by atomic mass is 79.9. The third kappa shape index (κ3) is 3.18. The second-order valence-corrected chi connectivity index (χ2v) is 5.12. The molecule has 0 radical (unpaired) electrons. The molecule has 0 saturated heterocycles. The fourth-order valence-electron chi connectivity index (χ4n) is 1.32. The van der Waals surface area contributed by atoms with Gasteiger partial charge < -0.3 is 10.4 Å². The number of benzene rings is 1. The minimum Gasteiger partial charge on any atom is -0.505 e. The SMILES string of the molecule is CNC(C)(C)Cc1cc(Br)cc(F)c1O. The van der Waals surface area contributed by atoms with E-state index in [-0.39, 0.29) is 11.3 Å². The van der Waals surface area contributed by atoms with Gasteiger partial charge in [0.15, 0.2) is 11.6 Å². The van der Waals surface area contributed by atoms with Crippen LogP contribution in [0.2, 0.25) is 0 Å². The van der Waals surface area contributed by atoms with Crippen molar-refractivity contribution in [3.63, 3.8) is 0 Å². The van der Waals surface area contributed by atoms with E-state index in [2.05, 4.69) is 21.2 Å². The van der Waals surface area contributed by atoms with Gasteiger partial charge >= 0.3 is 0 Å². The molecule has 0 fully saturated rings. The molecule has 84 valence electrons. The monoisotopic (exact) mass is 275 g/mol. The van der Waals surface area contributed by atoms with Gasteiger partial charge in [-0.1, -0.05) is 15.9 Å². The fourth-order valence-corrected chi connectivity index (χ4v) is 1.80. The molecule has 1 aromatic carbocycles. The third-order valence-electron chi connectivity index (χ3n) is 2.42. The molecule has 0 saturated carbocycles. The van der Waals surface area contributed by atoms with Crippen molar-refractivity contribution >= 4 is 15.9 Å². The average molecular weight is 276 g/mol. The van der Waals surface area contributed by atoms with Gasteiger partial charge in [-0.05, 0) is 45.0 Å². The summed E-state index contributed by atoms with van der Waals surface area (Å²) in [6.07, 6.45) is 0.561. The minimum atomic E-state index is -0.591. The summed E-state index contributed by atoms with van der Waals surface area (Å²) >= 11 is 3.21. The van der Waals surface area contributed by atoms with E-state index in [9.17, 15) is 9.50 Å². The van der Waals surface area contributed by atoms with Gasteiger partial charge in [0.05, 0.1) is 0 Å². The quantitative estimate of drug-likeness (QED) is 0.889. The largest absolute Gasteiger partial charge is 0.505 e. The van der Waals surface area contributed by atoms with Crippen LogP contribution >= 0.6 is 15.9 Å². The maximum atomic E-state index is 13.2. The molecule has 1 aromatic rings. The van der Waals surface area contributed by atoms with Crippen LogP contribution < -0.4 is 5.32 Å². The van der Waals surface area contributed by atoms with Crippen molar-refractivity contribution in [2.24, 2.45) is 0 Å². The lowest BCUT2D eigenvalue weighted by molar-refractivity contribution is 0.391. The van der Waals surface area contributed by atoms with Crippen LogP contribution in [0.3, 0.4) is 0 Å². The molecule has 2 N–H and O–H groups in total. The highest BCUT2D eigenvalue weighted by Crippen LogP contribution is 2.28. The maximum Gasteiger partial charge on any atom is 0.166 e. The number of phenolic OH excluding ortho intramolecular Hbond substituents is 1. The molecule has 0 aliphatic carbocycles. The highest BCUT2D eigenvalue weighted by Gasteiger charge is 2.19. The smallest absolute Gasteiger partial charge is 0.166 e. The van der Waals surface area contributed by atoms with E-state index in [4.69, 9.17) is 0 Å². The Kier molecular flexibility index (Phi) is 3.73. The number of hydrogen-bond donors (Lipinski definition) is 2. The Bertz CT molecular complexity index is 366. The first-order valence-electron chi connectivity index (χ1n) is 4.71. The summed E-state index contributed by atoms with van der Waals surface area (Å²) in [5, 5.41) is 12.7. The Morgan fingerprint density at radius 1 is 1.47 bits per heavy atom. The number of aromatic hydroxyl groups is 1. The summed E-state index contributed by atoms with van der Waals surface area (Å²) in [5.41, 5.74) is 0.422. The molecule has 0 unspecified atom stereocenters. The van der Waals surface area contributed by atoms with Crippen molar-refractivity contribution in [3.8, 4) is 5.75 Å². The predicted molar refractivity (Wildman–Crippen MR) is 62.6 cm³/mol. The van der Waals surface area contributed by atoms with Crippen molar-refractivity contribution in [2.45, 2.75) is 25.8 Å². The predicted octanol–water partition coefficient (Wildman–Crippen LogP) is 2.83. The van der Waals surface area contributed by atoms with Crippen molar-refractivity contribution in [1.82, 2.24) is 5.32 Å². The zero-order valence-corrected chi connectivity index (χ0v) is 10.7. The minimum absolute atomic E-state index is 0.176. The Morgan fingerprint density at radius 2 is 2.07 bits per heavy atom. The summed E-state index contributed by atoms with van der Waals surface area (Å²) in [4.78, 5) is 0. The molecular formula is C11H15BrFNO. The lowest BCUT2D eigenvalue weighted by Crippen LogP contribution is -2.38. The van der Waals surface area contributed by atoms with E-state index < -0.39 is 5.82 Å². The number of likely N-dealkylation sites (N-methyl/N-ethyl adjacent to an activating group) is 1. The Balaban J connectivity index is 3.05. The molecule has 2 nitrogen and oxygen atoms in total. The van der Waals surface area contributed by atoms with Crippen molar-refractivity contribution in [1.29, 1.82) is 0 Å². The number of nitrogens with one attached hydrogen (secondary N) is 1. The van der Waals surface area contributed by atoms with Crippen molar-refractivity contribution in [2.75, 3.05) is 7.05 Å². The van der Waals surface area contributed by atoms with E-state index >= 15 is 0 Å². The highest BCUT2D eigenvalue weighted by molar-refractivity contribution is 9.10. The first-order chi connectivity index (χ1) is 6.85. The van der Waals surface area contributed by atoms with Gasteiger partial charge in [-0.25, -0.2) is 4.39 Å². The van der Waals surface area contributed by atoms with Crippen LogP contribution in [0, 0.1) is 5.82 Å². The van der Waals surface area contributed by atoms with Crippen LogP contribution in [0.5, 0.6) is 5.75 Å². The summed E-state index contributed by atoms with van der Waals surface area (Å²) in [7, 11) is 1.84. The van der Waals surface area contributed by atoms with Gasteiger partial charge in [0.2, 0.25) is 0 Å². The Morgan fingerprint density at radius 3 is 2.60 bits per heavy atom. The number of phenols is 1. The Labute approximate surface area is 97.6 Å². The molecule has 0 amide bonds. The summed E-state index contributed by atoms with van der Waals surface area (Å²) in [6, 6.07) is 2.99. The fraction of sp³-hybridized carbons (Fsp3) is 0.455. The first kappa shape index (κ1) is 12.5. The average Bonchev–Trinajstić information content (AvgIpc) is 2.13. The third-order valence-corrected chi connectivity index (χ3v) is 2.87. The van der Waals surface area contributed by atoms with Crippen LogP contribution in [0.25, 0.3) is 0 Å². The lowest BCUT2D eigenvalue weighted by Gasteiger charge is -2.24. The molecule has 15 heavy (non-hydrogen) atoms. The maximum absolute atomic E-state index is 13.2. The van der Waals surface area contributed by atoms with Gasteiger partial charge in [-0.3, -0.25) is 0 Å². The van der Waals surface area contributed by atoms with Crippen molar-refractivity contribution < 1.29 is 9.50 Å². The molecule has 1 rings (SSSR count). The first-order valence-corrected chi connectivity index (χ1v) is 5.51. The molecule has 0 aliphatic heterocycles. The Hall–Kier alpha value is -0.610. The number of rotatable bonds is 3. The van der Waals surface area contributed by atoms with Gasteiger partial charge in [0.25, 0.3) is 0 Å². The molecular weight excluding hydrogens is 261 g/mol. The molecule has 0 spiro atoms. The van der Waals surface area contributed by atoms with Crippen LogP contribution in [-0.4, -0.2) is 17.7 Å². The standard InChI is InChI=1S/C11H15BrFNO/c1-11(2,14-3)6-7-4-8(12)5-9(13)10(7)15/h4-5,14-15H,6H2,1-3H3. The van der Waals surface area contributed by atoms with E-state index in [0.29, 0.717) is 16.5 Å². The van der Waals surface area contributed by atoms with Crippen LogP contribution in [0.1, 0.15) is 19.4 Å². The normalized spacial score (nSPS) is 11.8. The molecule has 0 heterocycles.